The fourth-order valence-corrected chi connectivity index (χ4v) is 5.34. The maximum Gasteiger partial charge on any atom is 0.178 e. The number of thiophene rings is 1. The predicted octanol–water partition coefficient (Wildman–Crippen LogP) is 3.63. The van der Waals surface area contributed by atoms with Gasteiger partial charge < -0.3 is 5.32 Å². The van der Waals surface area contributed by atoms with E-state index >= 15 is 0 Å². The number of nitrogens with one attached hydrogen (secondary N) is 1. The smallest absolute Gasteiger partial charge is 0.178 e. The van der Waals surface area contributed by atoms with Gasteiger partial charge in [-0.15, -0.1) is 11.3 Å². The number of hydrogen-bond donors (Lipinski definition) is 1. The fraction of sp³-hybridized carbons (Fsp3) is 0.375. The van der Waals surface area contributed by atoms with E-state index in [2.05, 4.69) is 31.3 Å². The van der Waals surface area contributed by atoms with Crippen molar-refractivity contribution in [1.82, 2.24) is 5.32 Å². The lowest BCUT2D eigenvalue weighted by Crippen LogP contribution is -2.31. The van der Waals surface area contributed by atoms with Gasteiger partial charge in [0.25, 0.3) is 0 Å². The Bertz CT molecular complexity index is 749. The van der Waals surface area contributed by atoms with Gasteiger partial charge in [0, 0.05) is 21.8 Å². The van der Waals surface area contributed by atoms with E-state index in [1.54, 1.807) is 23.5 Å². The highest BCUT2D eigenvalue weighted by atomic mass is 32.2. The van der Waals surface area contributed by atoms with E-state index < -0.39 is 9.84 Å². The van der Waals surface area contributed by atoms with Crippen LogP contribution >= 0.6 is 11.3 Å². The molecule has 1 aromatic carbocycles. The summed E-state index contributed by atoms with van der Waals surface area (Å²) >= 11 is 1.78. The van der Waals surface area contributed by atoms with Gasteiger partial charge in [0.15, 0.2) is 9.84 Å². The van der Waals surface area contributed by atoms with E-state index in [-0.39, 0.29) is 17.8 Å². The van der Waals surface area contributed by atoms with Gasteiger partial charge in [0.05, 0.1) is 10.6 Å². The van der Waals surface area contributed by atoms with Crippen molar-refractivity contribution in [2.45, 2.75) is 37.2 Å². The summed E-state index contributed by atoms with van der Waals surface area (Å²) in [5.74, 6) is 0.220. The molecule has 0 saturated heterocycles. The Balaban J connectivity index is 1.87. The molecule has 0 aliphatic carbocycles. The summed E-state index contributed by atoms with van der Waals surface area (Å²) in [5, 5.41) is 3.59. The first-order valence-electron chi connectivity index (χ1n) is 7.11. The number of benzene rings is 1. The molecule has 3 nitrogen and oxygen atoms in total. The quantitative estimate of drug-likeness (QED) is 0.939. The third-order valence-electron chi connectivity index (χ3n) is 3.94. The molecule has 0 radical (unpaired) electrons. The van der Waals surface area contributed by atoms with Gasteiger partial charge in [0.2, 0.25) is 0 Å². The van der Waals surface area contributed by atoms with E-state index in [1.807, 2.05) is 12.1 Å². The second-order valence-corrected chi connectivity index (χ2v) is 8.93. The van der Waals surface area contributed by atoms with Crippen molar-refractivity contribution in [1.29, 1.82) is 0 Å². The normalized spacial score (nSPS) is 21.7. The van der Waals surface area contributed by atoms with Crippen LogP contribution in [0.2, 0.25) is 0 Å². The van der Waals surface area contributed by atoms with Crippen LogP contribution in [0.3, 0.4) is 0 Å². The summed E-state index contributed by atoms with van der Waals surface area (Å²) in [6.45, 7) is 4.24. The zero-order valence-electron chi connectivity index (χ0n) is 12.2. The SMILES string of the molecule is Cc1ccc(C(C)NC2CCS(=O)(=O)c3ccccc32)s1. The lowest BCUT2D eigenvalue weighted by Gasteiger charge is -2.28. The van der Waals surface area contributed by atoms with Gasteiger partial charge in [-0.1, -0.05) is 18.2 Å². The summed E-state index contributed by atoms with van der Waals surface area (Å²) in [4.78, 5) is 3.08. The van der Waals surface area contributed by atoms with Gasteiger partial charge >= 0.3 is 0 Å². The lowest BCUT2D eigenvalue weighted by molar-refractivity contribution is 0.445. The molecule has 2 unspecified atom stereocenters. The highest BCUT2D eigenvalue weighted by Crippen LogP contribution is 2.34. The van der Waals surface area contributed by atoms with E-state index in [0.29, 0.717) is 11.3 Å². The molecule has 0 amide bonds. The van der Waals surface area contributed by atoms with Gasteiger partial charge in [-0.05, 0) is 44.0 Å². The number of sulfone groups is 1. The van der Waals surface area contributed by atoms with Gasteiger partial charge in [-0.3, -0.25) is 0 Å². The molecule has 1 aliphatic heterocycles. The number of hydrogen-bond acceptors (Lipinski definition) is 4. The Kier molecular flexibility index (Phi) is 3.90. The first-order chi connectivity index (χ1) is 9.97. The molecule has 2 heterocycles. The molecule has 1 aliphatic rings. The monoisotopic (exact) mass is 321 g/mol. The Morgan fingerprint density at radius 1 is 1.24 bits per heavy atom. The first kappa shape index (κ1) is 14.8. The zero-order chi connectivity index (χ0) is 15.0. The van der Waals surface area contributed by atoms with E-state index in [9.17, 15) is 8.42 Å². The number of rotatable bonds is 3. The second kappa shape index (κ2) is 5.55. The van der Waals surface area contributed by atoms with E-state index in [1.165, 1.54) is 9.75 Å². The highest BCUT2D eigenvalue weighted by Gasteiger charge is 2.30. The molecule has 1 N–H and O–H groups in total. The maximum atomic E-state index is 12.2. The van der Waals surface area contributed by atoms with Crippen LogP contribution in [0, 0.1) is 6.92 Å². The van der Waals surface area contributed by atoms with Gasteiger partial charge in [-0.25, -0.2) is 8.42 Å². The minimum absolute atomic E-state index is 0.0992. The minimum Gasteiger partial charge on any atom is -0.303 e. The van der Waals surface area contributed by atoms with Crippen molar-refractivity contribution < 1.29 is 8.42 Å². The molecular weight excluding hydrogens is 302 g/mol. The van der Waals surface area contributed by atoms with Crippen LogP contribution in [0.1, 0.15) is 40.7 Å². The molecule has 2 aromatic rings. The maximum absolute atomic E-state index is 12.2. The second-order valence-electron chi connectivity index (χ2n) is 5.53. The third-order valence-corrected chi connectivity index (χ3v) is 6.94. The summed E-state index contributed by atoms with van der Waals surface area (Å²) in [6.07, 6.45) is 0.633. The van der Waals surface area contributed by atoms with Crippen LogP contribution in [-0.2, 0) is 9.84 Å². The summed E-state index contributed by atoms with van der Waals surface area (Å²) in [7, 11) is -3.11. The van der Waals surface area contributed by atoms with E-state index in [4.69, 9.17) is 0 Å². The van der Waals surface area contributed by atoms with Crippen molar-refractivity contribution >= 4 is 21.2 Å². The molecule has 0 spiro atoms. The highest BCUT2D eigenvalue weighted by molar-refractivity contribution is 7.91. The Hall–Kier alpha value is -1.17. The van der Waals surface area contributed by atoms with Crippen LogP contribution in [0.5, 0.6) is 0 Å². The summed E-state index contributed by atoms with van der Waals surface area (Å²) in [5.41, 5.74) is 0.906. The molecular formula is C16H19NO2S2. The van der Waals surface area contributed by atoms with Gasteiger partial charge in [0.1, 0.15) is 0 Å². The van der Waals surface area contributed by atoms with Crippen LogP contribution in [0.15, 0.2) is 41.3 Å². The number of aryl methyl sites for hydroxylation is 1. The van der Waals surface area contributed by atoms with Crippen molar-refractivity contribution in [2.24, 2.45) is 0 Å². The minimum atomic E-state index is -3.11. The van der Waals surface area contributed by atoms with Gasteiger partial charge in [-0.2, -0.15) is 0 Å². The van der Waals surface area contributed by atoms with Crippen LogP contribution < -0.4 is 5.32 Å². The Morgan fingerprint density at radius 3 is 2.71 bits per heavy atom. The molecule has 0 bridgehead atoms. The molecule has 3 rings (SSSR count). The third kappa shape index (κ3) is 2.91. The largest absolute Gasteiger partial charge is 0.303 e. The van der Waals surface area contributed by atoms with Crippen molar-refractivity contribution in [3.05, 3.63) is 51.7 Å². The summed E-state index contributed by atoms with van der Waals surface area (Å²) < 4.78 is 24.3. The number of fused-ring (bicyclic) bond motifs is 1. The van der Waals surface area contributed by atoms with Crippen LogP contribution in [-0.4, -0.2) is 14.2 Å². The van der Waals surface area contributed by atoms with Crippen LogP contribution in [0.25, 0.3) is 0 Å². The topological polar surface area (TPSA) is 46.2 Å². The standard InChI is InChI=1S/C16H19NO2S2/c1-11-7-8-15(20-11)12(2)17-14-9-10-21(18,19)16-6-4-3-5-13(14)16/h3-8,12,14,17H,9-10H2,1-2H3. The Labute approximate surface area is 129 Å². The van der Waals surface area contributed by atoms with Crippen molar-refractivity contribution in [2.75, 3.05) is 5.75 Å². The average Bonchev–Trinajstić information content (AvgIpc) is 2.89. The first-order valence-corrected chi connectivity index (χ1v) is 9.58. The lowest BCUT2D eigenvalue weighted by atomic mass is 10.0. The van der Waals surface area contributed by atoms with Crippen molar-refractivity contribution in [3.8, 4) is 0 Å². The van der Waals surface area contributed by atoms with Crippen molar-refractivity contribution in [3.63, 3.8) is 0 Å². The molecule has 112 valence electrons. The molecule has 5 heteroatoms. The molecule has 1 aromatic heterocycles. The molecule has 2 atom stereocenters. The van der Waals surface area contributed by atoms with Crippen LogP contribution in [0.4, 0.5) is 0 Å². The van der Waals surface area contributed by atoms with E-state index in [0.717, 1.165) is 5.56 Å². The molecule has 0 fully saturated rings. The molecule has 21 heavy (non-hydrogen) atoms. The fourth-order valence-electron chi connectivity index (χ4n) is 2.83. The predicted molar refractivity (Wildman–Crippen MR) is 86.5 cm³/mol. The average molecular weight is 321 g/mol. The Morgan fingerprint density at radius 2 is 2.00 bits per heavy atom. The zero-order valence-corrected chi connectivity index (χ0v) is 13.8. The summed E-state index contributed by atoms with van der Waals surface area (Å²) in [6, 6.07) is 11.9. The molecule has 0 saturated carbocycles.